The minimum atomic E-state index is -0.160. The molecule has 0 aromatic carbocycles. The van der Waals surface area contributed by atoms with Crippen LogP contribution in [0.3, 0.4) is 0 Å². The number of hydrogen-bond acceptors (Lipinski definition) is 1. The van der Waals surface area contributed by atoms with Crippen molar-refractivity contribution in [1.82, 2.24) is 0 Å². The molecule has 66 valence electrons. The summed E-state index contributed by atoms with van der Waals surface area (Å²) >= 11 is 0. The predicted molar refractivity (Wildman–Crippen MR) is 56.7 cm³/mol. The van der Waals surface area contributed by atoms with Gasteiger partial charge in [-0.2, -0.15) is 0 Å². The second-order valence-electron chi connectivity index (χ2n) is 3.26. The fourth-order valence-electron chi connectivity index (χ4n) is 0.898. The average Bonchev–Trinajstić information content (AvgIpc) is 2.00. The topological polar surface area (TPSA) is 12.4 Å². The maximum absolute atomic E-state index is 4.30. The van der Waals surface area contributed by atoms with Crippen molar-refractivity contribution < 1.29 is 0 Å². The first-order chi connectivity index (χ1) is 5.52. The Balaban J connectivity index is 4.50. The normalized spacial score (nSPS) is 13.4. The average molecular weight is 163 g/mol. The lowest BCUT2D eigenvalue weighted by Gasteiger charge is -2.14. The highest BCUT2D eigenvalue weighted by atomic mass is 14.8. The monoisotopic (exact) mass is 163 g/mol. The summed E-state index contributed by atoms with van der Waals surface area (Å²) in [4.78, 5) is 4.30. The first-order valence-electron chi connectivity index (χ1n) is 4.00. The van der Waals surface area contributed by atoms with Gasteiger partial charge in [0.15, 0.2) is 0 Å². The molecule has 0 aliphatic heterocycles. The highest BCUT2D eigenvalue weighted by Crippen LogP contribution is 2.13. The Morgan fingerprint density at radius 3 is 2.33 bits per heavy atom. The number of rotatable bonds is 4. The van der Waals surface area contributed by atoms with Gasteiger partial charge in [-0.3, -0.25) is 4.99 Å². The molecular weight excluding hydrogens is 146 g/mol. The molecular formula is C11H17N. The van der Waals surface area contributed by atoms with Gasteiger partial charge in [-0.1, -0.05) is 37.0 Å². The van der Waals surface area contributed by atoms with Crippen molar-refractivity contribution in [2.45, 2.75) is 26.3 Å². The molecule has 0 aliphatic rings. The molecule has 1 nitrogen and oxygen atoms in total. The van der Waals surface area contributed by atoms with Crippen LogP contribution in [0.25, 0.3) is 0 Å². The minimum Gasteiger partial charge on any atom is -0.283 e. The summed E-state index contributed by atoms with van der Waals surface area (Å²) in [6.45, 7) is 13.4. The van der Waals surface area contributed by atoms with Crippen LogP contribution in [0.2, 0.25) is 0 Å². The Morgan fingerprint density at radius 1 is 1.33 bits per heavy atom. The Hall–Kier alpha value is -1.11. The lowest BCUT2D eigenvalue weighted by atomic mass is 10.0. The fraction of sp³-hybridized carbons (Fsp3) is 0.364. The molecule has 0 atom stereocenters. The summed E-state index contributed by atoms with van der Waals surface area (Å²) in [5.74, 6) is 0. The smallest absolute Gasteiger partial charge is 0.0737 e. The van der Waals surface area contributed by atoms with E-state index in [0.717, 1.165) is 5.57 Å². The minimum absolute atomic E-state index is 0.160. The number of aliphatic imine (C=N–C) groups is 1. The van der Waals surface area contributed by atoms with Crippen molar-refractivity contribution in [1.29, 1.82) is 0 Å². The van der Waals surface area contributed by atoms with Crippen molar-refractivity contribution in [2.75, 3.05) is 0 Å². The van der Waals surface area contributed by atoms with Gasteiger partial charge < -0.3 is 0 Å². The van der Waals surface area contributed by atoms with Crippen LogP contribution >= 0.6 is 0 Å². The molecule has 0 unspecified atom stereocenters. The molecule has 0 rings (SSSR count). The SMILES string of the molecule is C=CC=NC(C)(C)/C=C(\C)C=C. The van der Waals surface area contributed by atoms with E-state index in [1.165, 1.54) is 0 Å². The maximum atomic E-state index is 4.30. The molecule has 1 heteroatoms. The van der Waals surface area contributed by atoms with E-state index in [2.05, 4.69) is 24.2 Å². The Bertz CT molecular complexity index is 219. The first kappa shape index (κ1) is 10.9. The molecule has 0 fully saturated rings. The van der Waals surface area contributed by atoms with Crippen LogP contribution in [0.15, 0.2) is 42.0 Å². The summed E-state index contributed by atoms with van der Waals surface area (Å²) in [6.07, 6.45) is 7.29. The van der Waals surface area contributed by atoms with Crippen molar-refractivity contribution in [3.05, 3.63) is 37.0 Å². The molecule has 0 saturated carbocycles. The molecule has 0 spiro atoms. The zero-order valence-electron chi connectivity index (χ0n) is 8.17. The largest absolute Gasteiger partial charge is 0.283 e. The van der Waals surface area contributed by atoms with Gasteiger partial charge in [-0.25, -0.2) is 0 Å². The number of allylic oxidation sites excluding steroid dienone is 3. The van der Waals surface area contributed by atoms with Crippen molar-refractivity contribution in [3.63, 3.8) is 0 Å². The van der Waals surface area contributed by atoms with E-state index in [1.54, 1.807) is 12.3 Å². The molecule has 0 heterocycles. The second-order valence-corrected chi connectivity index (χ2v) is 3.26. The number of nitrogens with zero attached hydrogens (tertiary/aromatic N) is 1. The third kappa shape index (κ3) is 4.67. The van der Waals surface area contributed by atoms with E-state index in [-0.39, 0.29) is 5.54 Å². The van der Waals surface area contributed by atoms with E-state index in [4.69, 9.17) is 0 Å². The summed E-state index contributed by atoms with van der Waals surface area (Å²) in [6, 6.07) is 0. The third-order valence-electron chi connectivity index (χ3n) is 1.42. The van der Waals surface area contributed by atoms with Crippen molar-refractivity contribution in [3.8, 4) is 0 Å². The Kier molecular flexibility index (Phi) is 4.27. The molecule has 0 radical (unpaired) electrons. The van der Waals surface area contributed by atoms with Crippen LogP contribution in [0.5, 0.6) is 0 Å². The lowest BCUT2D eigenvalue weighted by molar-refractivity contribution is 0.658. The molecule has 12 heavy (non-hydrogen) atoms. The summed E-state index contributed by atoms with van der Waals surface area (Å²) in [5, 5.41) is 0. The van der Waals surface area contributed by atoms with Crippen molar-refractivity contribution >= 4 is 6.21 Å². The second kappa shape index (κ2) is 4.70. The van der Waals surface area contributed by atoms with E-state index in [9.17, 15) is 0 Å². The highest BCUT2D eigenvalue weighted by Gasteiger charge is 2.09. The molecule has 0 aromatic heterocycles. The molecule has 0 bridgehead atoms. The standard InChI is InChI=1S/C11H17N/c1-6-8-12-11(4,5)9-10(3)7-2/h6-9H,1-2H2,3-5H3/b10-9+,12-8?. The fourth-order valence-corrected chi connectivity index (χ4v) is 0.898. The lowest BCUT2D eigenvalue weighted by Crippen LogP contribution is -2.12. The van der Waals surface area contributed by atoms with Crippen LogP contribution in [0, 0.1) is 0 Å². The van der Waals surface area contributed by atoms with Gasteiger partial charge in [0, 0.05) is 6.21 Å². The Labute approximate surface area is 75.2 Å². The molecule has 0 saturated heterocycles. The van der Waals surface area contributed by atoms with E-state index < -0.39 is 0 Å². The van der Waals surface area contributed by atoms with Gasteiger partial charge in [-0.15, -0.1) is 0 Å². The first-order valence-corrected chi connectivity index (χ1v) is 4.00. The predicted octanol–water partition coefficient (Wildman–Crippen LogP) is 3.15. The molecule has 0 N–H and O–H groups in total. The van der Waals surface area contributed by atoms with Crippen LogP contribution in [-0.4, -0.2) is 11.8 Å². The summed E-state index contributed by atoms with van der Waals surface area (Å²) in [5.41, 5.74) is 0.980. The molecule has 0 aromatic rings. The van der Waals surface area contributed by atoms with E-state index in [1.807, 2.05) is 26.8 Å². The molecule has 0 amide bonds. The maximum Gasteiger partial charge on any atom is 0.0737 e. The van der Waals surface area contributed by atoms with Crippen LogP contribution in [0.1, 0.15) is 20.8 Å². The third-order valence-corrected chi connectivity index (χ3v) is 1.42. The van der Waals surface area contributed by atoms with Gasteiger partial charge in [-0.05, 0) is 20.8 Å². The quantitative estimate of drug-likeness (QED) is 0.446. The highest BCUT2D eigenvalue weighted by molar-refractivity contribution is 5.70. The zero-order chi connectivity index (χ0) is 9.61. The summed E-state index contributed by atoms with van der Waals surface area (Å²) < 4.78 is 0. The van der Waals surface area contributed by atoms with E-state index >= 15 is 0 Å². The summed E-state index contributed by atoms with van der Waals surface area (Å²) in [7, 11) is 0. The molecule has 0 aliphatic carbocycles. The van der Waals surface area contributed by atoms with Gasteiger partial charge in [0.05, 0.1) is 5.54 Å². The van der Waals surface area contributed by atoms with Crippen LogP contribution in [0.4, 0.5) is 0 Å². The van der Waals surface area contributed by atoms with E-state index in [0.29, 0.717) is 0 Å². The van der Waals surface area contributed by atoms with Gasteiger partial charge >= 0.3 is 0 Å². The number of hydrogen-bond donors (Lipinski definition) is 0. The van der Waals surface area contributed by atoms with Crippen LogP contribution in [-0.2, 0) is 0 Å². The van der Waals surface area contributed by atoms with Gasteiger partial charge in [0.25, 0.3) is 0 Å². The van der Waals surface area contributed by atoms with Gasteiger partial charge in [0.1, 0.15) is 0 Å². The Morgan fingerprint density at radius 2 is 1.92 bits per heavy atom. The zero-order valence-corrected chi connectivity index (χ0v) is 8.17. The van der Waals surface area contributed by atoms with Crippen LogP contribution < -0.4 is 0 Å². The van der Waals surface area contributed by atoms with Crippen molar-refractivity contribution in [2.24, 2.45) is 4.99 Å². The van der Waals surface area contributed by atoms with Gasteiger partial charge in [0.2, 0.25) is 0 Å².